The van der Waals surface area contributed by atoms with E-state index >= 15 is 0 Å². The molecule has 4 rings (SSSR count). The Hall–Kier alpha value is -3.03. The molecule has 0 bridgehead atoms. The van der Waals surface area contributed by atoms with Crippen LogP contribution in [0.1, 0.15) is 30.1 Å². The van der Waals surface area contributed by atoms with Crippen LogP contribution in [0.2, 0.25) is 0 Å². The maximum atomic E-state index is 12.4. The van der Waals surface area contributed by atoms with E-state index in [1.807, 2.05) is 44.3 Å². The number of amides is 1. The van der Waals surface area contributed by atoms with Crippen LogP contribution in [0, 0.1) is 19.8 Å². The lowest BCUT2D eigenvalue weighted by molar-refractivity contribution is -0.120. The van der Waals surface area contributed by atoms with E-state index in [0.29, 0.717) is 24.1 Å². The van der Waals surface area contributed by atoms with E-state index in [0.717, 1.165) is 43.1 Å². The predicted molar refractivity (Wildman–Crippen MR) is 106 cm³/mol. The molecule has 1 N–H and O–H groups in total. The fourth-order valence-corrected chi connectivity index (χ4v) is 3.73. The number of fused-ring (bicyclic) bond motifs is 1. The van der Waals surface area contributed by atoms with Crippen molar-refractivity contribution < 1.29 is 4.79 Å². The number of hydrogen-bond acceptors (Lipinski definition) is 6. The lowest BCUT2D eigenvalue weighted by atomic mass is 9.98. The molecule has 0 unspecified atom stereocenters. The van der Waals surface area contributed by atoms with Crippen LogP contribution in [0.4, 0.5) is 5.82 Å². The van der Waals surface area contributed by atoms with Gasteiger partial charge >= 0.3 is 0 Å². The highest BCUT2D eigenvalue weighted by molar-refractivity contribution is 5.77. The smallest absolute Gasteiger partial charge is 0.252 e. The summed E-state index contributed by atoms with van der Waals surface area (Å²) >= 11 is 0. The Morgan fingerprint density at radius 1 is 1.29 bits per heavy atom. The monoisotopic (exact) mass is 379 g/mol. The van der Waals surface area contributed by atoms with Gasteiger partial charge in [0.25, 0.3) is 5.78 Å². The van der Waals surface area contributed by atoms with Crippen LogP contribution in [0.5, 0.6) is 0 Å². The maximum Gasteiger partial charge on any atom is 0.252 e. The molecule has 0 aliphatic carbocycles. The second-order valence-corrected chi connectivity index (χ2v) is 7.40. The molecule has 1 amide bonds. The van der Waals surface area contributed by atoms with E-state index in [1.54, 1.807) is 4.52 Å². The minimum absolute atomic E-state index is 0.0553. The van der Waals surface area contributed by atoms with Crippen molar-refractivity contribution in [3.63, 3.8) is 0 Å². The first kappa shape index (κ1) is 18.3. The summed E-state index contributed by atoms with van der Waals surface area (Å²) in [5, 5.41) is 7.45. The van der Waals surface area contributed by atoms with Crippen LogP contribution >= 0.6 is 0 Å². The summed E-state index contributed by atoms with van der Waals surface area (Å²) in [7, 11) is 0. The molecule has 0 aromatic carbocycles. The molecule has 3 aromatic rings. The molecule has 0 saturated carbocycles. The summed E-state index contributed by atoms with van der Waals surface area (Å²) in [6.45, 7) is 6.46. The number of nitrogens with one attached hydrogen (secondary N) is 1. The van der Waals surface area contributed by atoms with E-state index in [9.17, 15) is 4.79 Å². The number of pyridine rings is 1. The number of aryl methyl sites for hydroxylation is 2. The Balaban J connectivity index is 1.32. The van der Waals surface area contributed by atoms with Crippen molar-refractivity contribution in [1.82, 2.24) is 29.9 Å². The summed E-state index contributed by atoms with van der Waals surface area (Å²) in [5.41, 5.74) is 1.85. The number of nitrogens with zero attached hydrogens (tertiary/aromatic N) is 6. The van der Waals surface area contributed by atoms with Crippen molar-refractivity contribution in [2.75, 3.05) is 24.5 Å². The molecular formula is C20H25N7O. The molecule has 3 aromatic heterocycles. The van der Waals surface area contributed by atoms with Gasteiger partial charge < -0.3 is 10.2 Å². The third-order valence-corrected chi connectivity index (χ3v) is 5.06. The number of hydrogen-bond donors (Lipinski definition) is 1. The second kappa shape index (κ2) is 7.92. The molecule has 1 saturated heterocycles. The summed E-state index contributed by atoms with van der Waals surface area (Å²) < 4.78 is 1.68. The van der Waals surface area contributed by atoms with Crippen molar-refractivity contribution >= 4 is 17.5 Å². The van der Waals surface area contributed by atoms with Gasteiger partial charge in [0.15, 0.2) is 5.82 Å². The van der Waals surface area contributed by atoms with E-state index in [2.05, 4.69) is 30.3 Å². The van der Waals surface area contributed by atoms with E-state index in [4.69, 9.17) is 0 Å². The standard InChI is InChI=1S/C20H25N7O/c1-14-10-15(2)27-20(23-14)24-17(25-27)11-19(28)22-12-16-6-5-9-26(13-16)18-7-3-4-8-21-18/h3-4,7-8,10,16H,5-6,9,11-13H2,1-2H3,(H,22,28)/t16-/m0/s1. The number of aromatic nitrogens is 5. The number of carbonyl (C=O) groups excluding carboxylic acids is 1. The topological polar surface area (TPSA) is 88.3 Å². The van der Waals surface area contributed by atoms with Gasteiger partial charge in [0, 0.05) is 37.2 Å². The van der Waals surface area contributed by atoms with Crippen molar-refractivity contribution in [2.24, 2.45) is 5.92 Å². The largest absolute Gasteiger partial charge is 0.356 e. The SMILES string of the molecule is Cc1cc(C)n2nc(CC(=O)NC[C@@H]3CCCN(c4ccccn4)C3)nc2n1. The first-order valence-electron chi connectivity index (χ1n) is 9.71. The van der Waals surface area contributed by atoms with Crippen molar-refractivity contribution in [3.05, 3.63) is 47.7 Å². The van der Waals surface area contributed by atoms with Crippen LogP contribution in [-0.4, -0.2) is 50.1 Å². The first-order chi connectivity index (χ1) is 13.6. The van der Waals surface area contributed by atoms with Gasteiger partial charge in [0.2, 0.25) is 5.91 Å². The number of carbonyl (C=O) groups is 1. The van der Waals surface area contributed by atoms with Gasteiger partial charge in [0.05, 0.1) is 6.42 Å². The summed E-state index contributed by atoms with van der Waals surface area (Å²) in [6.07, 6.45) is 4.20. The Kier molecular flexibility index (Phi) is 5.18. The highest BCUT2D eigenvalue weighted by Gasteiger charge is 2.21. The highest BCUT2D eigenvalue weighted by atomic mass is 16.1. The number of piperidine rings is 1. The average Bonchev–Trinajstić information content (AvgIpc) is 3.10. The molecular weight excluding hydrogens is 354 g/mol. The Bertz CT molecular complexity index is 969. The molecule has 0 spiro atoms. The molecule has 1 aliphatic heterocycles. The molecule has 4 heterocycles. The van der Waals surface area contributed by atoms with E-state index < -0.39 is 0 Å². The minimum Gasteiger partial charge on any atom is -0.356 e. The minimum atomic E-state index is -0.0553. The summed E-state index contributed by atoms with van der Waals surface area (Å²) in [6, 6.07) is 7.92. The number of anilines is 1. The number of rotatable bonds is 5. The zero-order valence-electron chi connectivity index (χ0n) is 16.3. The summed E-state index contributed by atoms with van der Waals surface area (Å²) in [4.78, 5) is 27.9. The van der Waals surface area contributed by atoms with Crippen molar-refractivity contribution in [2.45, 2.75) is 33.1 Å². The first-order valence-corrected chi connectivity index (χ1v) is 9.71. The van der Waals surface area contributed by atoms with Gasteiger partial charge in [-0.1, -0.05) is 6.07 Å². The molecule has 1 atom stereocenters. The van der Waals surface area contributed by atoms with Gasteiger partial charge in [-0.15, -0.1) is 5.10 Å². The molecule has 8 heteroatoms. The predicted octanol–water partition coefficient (Wildman–Crippen LogP) is 1.71. The Morgan fingerprint density at radius 3 is 3.00 bits per heavy atom. The summed E-state index contributed by atoms with van der Waals surface area (Å²) in [5.74, 6) is 2.40. The van der Waals surface area contributed by atoms with Gasteiger partial charge in [-0.05, 0) is 50.8 Å². The van der Waals surface area contributed by atoms with Gasteiger partial charge in [0.1, 0.15) is 5.82 Å². The lowest BCUT2D eigenvalue weighted by Crippen LogP contribution is -2.41. The molecule has 1 aliphatic rings. The zero-order chi connectivity index (χ0) is 19.5. The maximum absolute atomic E-state index is 12.4. The quantitative estimate of drug-likeness (QED) is 0.726. The van der Waals surface area contributed by atoms with E-state index in [-0.39, 0.29) is 12.3 Å². The van der Waals surface area contributed by atoms with Gasteiger partial charge in [-0.2, -0.15) is 4.98 Å². The van der Waals surface area contributed by atoms with E-state index in [1.165, 1.54) is 0 Å². The van der Waals surface area contributed by atoms with Crippen LogP contribution < -0.4 is 10.2 Å². The van der Waals surface area contributed by atoms with Crippen LogP contribution in [-0.2, 0) is 11.2 Å². The molecule has 146 valence electrons. The fraction of sp³-hybridized carbons (Fsp3) is 0.450. The average molecular weight is 379 g/mol. The second-order valence-electron chi connectivity index (χ2n) is 7.40. The van der Waals surface area contributed by atoms with Gasteiger partial charge in [-0.3, -0.25) is 4.79 Å². The van der Waals surface area contributed by atoms with Crippen LogP contribution in [0.3, 0.4) is 0 Å². The molecule has 8 nitrogen and oxygen atoms in total. The third kappa shape index (κ3) is 4.11. The van der Waals surface area contributed by atoms with Crippen LogP contribution in [0.15, 0.2) is 30.5 Å². The van der Waals surface area contributed by atoms with Gasteiger partial charge in [-0.25, -0.2) is 14.5 Å². The molecule has 1 fully saturated rings. The fourth-order valence-electron chi connectivity index (χ4n) is 3.73. The Labute approximate surface area is 164 Å². The Morgan fingerprint density at radius 2 is 2.18 bits per heavy atom. The van der Waals surface area contributed by atoms with Crippen molar-refractivity contribution in [3.8, 4) is 0 Å². The van der Waals surface area contributed by atoms with Crippen LogP contribution in [0.25, 0.3) is 5.78 Å². The molecule has 28 heavy (non-hydrogen) atoms. The molecule has 0 radical (unpaired) electrons. The zero-order valence-corrected chi connectivity index (χ0v) is 16.3. The van der Waals surface area contributed by atoms with Crippen molar-refractivity contribution in [1.29, 1.82) is 0 Å². The highest BCUT2D eigenvalue weighted by Crippen LogP contribution is 2.20. The third-order valence-electron chi connectivity index (χ3n) is 5.06. The lowest BCUT2D eigenvalue weighted by Gasteiger charge is -2.33. The normalized spacial score (nSPS) is 17.1.